The van der Waals surface area contributed by atoms with E-state index in [0.717, 1.165) is 35.7 Å². The van der Waals surface area contributed by atoms with Gasteiger partial charge >= 0.3 is 7.12 Å². The summed E-state index contributed by atoms with van der Waals surface area (Å²) >= 11 is 0. The number of likely N-dealkylation sites (tertiary alicyclic amines) is 1. The molecule has 2 aromatic rings. The number of oxazole rings is 1. The molecule has 29 heavy (non-hydrogen) atoms. The zero-order chi connectivity index (χ0) is 20.4. The highest BCUT2D eigenvalue weighted by atomic mass is 16.7. The molecular weight excluding hydrogens is 365 g/mol. The predicted molar refractivity (Wildman–Crippen MR) is 116 cm³/mol. The summed E-state index contributed by atoms with van der Waals surface area (Å²) in [5.74, 6) is 0. The second-order valence-electron chi connectivity index (χ2n) is 10.3. The van der Waals surface area contributed by atoms with E-state index in [1.165, 1.54) is 32.4 Å². The smallest absolute Gasteiger partial charge is 0.423 e. The minimum Gasteiger partial charge on any atom is -0.423 e. The Bertz CT molecular complexity index is 901. The number of fused-ring (bicyclic) bond motifs is 1. The molecule has 0 aliphatic carbocycles. The van der Waals surface area contributed by atoms with E-state index in [4.69, 9.17) is 18.7 Å². The molecule has 3 saturated heterocycles. The van der Waals surface area contributed by atoms with Crippen molar-refractivity contribution >= 4 is 29.7 Å². The lowest BCUT2D eigenvalue weighted by Gasteiger charge is -2.37. The van der Waals surface area contributed by atoms with Crippen molar-refractivity contribution in [3.8, 4) is 0 Å². The molecule has 3 fully saturated rings. The number of rotatable bonds is 2. The van der Waals surface area contributed by atoms with Gasteiger partial charge in [-0.1, -0.05) is 6.07 Å². The molecule has 4 heterocycles. The fraction of sp³-hybridized carbons (Fsp3) is 0.682. The highest BCUT2D eigenvalue weighted by molar-refractivity contribution is 6.62. The van der Waals surface area contributed by atoms with Gasteiger partial charge in [-0.15, -0.1) is 0 Å². The van der Waals surface area contributed by atoms with Crippen molar-refractivity contribution in [1.82, 2.24) is 9.88 Å². The summed E-state index contributed by atoms with van der Waals surface area (Å²) in [7, 11) is 1.84. The van der Waals surface area contributed by atoms with Crippen LogP contribution in [0.2, 0.25) is 0 Å². The van der Waals surface area contributed by atoms with Crippen LogP contribution in [0.4, 0.5) is 6.01 Å². The first-order valence-corrected chi connectivity index (χ1v) is 10.9. The van der Waals surface area contributed by atoms with Gasteiger partial charge in [-0.05, 0) is 90.1 Å². The SMILES string of the molecule is CN1CCC2(CC1)CCN(c1nc3ccc(B4OC(C)(C)C(C)(C)O4)cc3o1)C2. The molecule has 0 saturated carbocycles. The van der Waals surface area contributed by atoms with Crippen LogP contribution < -0.4 is 10.4 Å². The lowest BCUT2D eigenvalue weighted by atomic mass is 9.78. The van der Waals surface area contributed by atoms with Crippen molar-refractivity contribution in [3.05, 3.63) is 18.2 Å². The topological polar surface area (TPSA) is 51.0 Å². The summed E-state index contributed by atoms with van der Waals surface area (Å²) in [6.45, 7) is 12.8. The van der Waals surface area contributed by atoms with E-state index in [0.29, 0.717) is 5.41 Å². The largest absolute Gasteiger partial charge is 0.494 e. The number of anilines is 1. The Hall–Kier alpha value is -1.57. The molecule has 0 atom stereocenters. The van der Waals surface area contributed by atoms with Crippen LogP contribution in [0.5, 0.6) is 0 Å². The highest BCUT2D eigenvalue weighted by Crippen LogP contribution is 2.42. The number of nitrogens with zero attached hydrogens (tertiary/aromatic N) is 3. The van der Waals surface area contributed by atoms with Gasteiger partial charge in [0.1, 0.15) is 5.52 Å². The van der Waals surface area contributed by atoms with Crippen LogP contribution in [-0.4, -0.2) is 61.4 Å². The standard InChI is InChI=1S/C22H32BN3O3/c1-20(2)21(3,4)29-23(28-20)16-6-7-17-18(14-16)27-19(24-17)26-13-10-22(15-26)8-11-25(5)12-9-22/h6-7,14H,8-13,15H2,1-5H3. The van der Waals surface area contributed by atoms with Gasteiger partial charge < -0.3 is 23.5 Å². The lowest BCUT2D eigenvalue weighted by molar-refractivity contribution is 0.00578. The number of aromatic nitrogens is 1. The maximum atomic E-state index is 6.20. The molecule has 0 bridgehead atoms. The van der Waals surface area contributed by atoms with Crippen molar-refractivity contribution in [1.29, 1.82) is 0 Å². The van der Waals surface area contributed by atoms with Gasteiger partial charge in [0.2, 0.25) is 0 Å². The number of hydrogen-bond acceptors (Lipinski definition) is 6. The first kappa shape index (κ1) is 19.4. The van der Waals surface area contributed by atoms with Crippen LogP contribution in [0, 0.1) is 5.41 Å². The molecule has 0 amide bonds. The summed E-state index contributed by atoms with van der Waals surface area (Å²) in [5, 5.41) is 0. The Morgan fingerprint density at radius 1 is 0.966 bits per heavy atom. The maximum absolute atomic E-state index is 6.20. The first-order chi connectivity index (χ1) is 13.7. The molecule has 156 valence electrons. The van der Waals surface area contributed by atoms with Crippen molar-refractivity contribution < 1.29 is 13.7 Å². The van der Waals surface area contributed by atoms with Gasteiger partial charge in [0.05, 0.1) is 11.2 Å². The van der Waals surface area contributed by atoms with Crippen LogP contribution in [0.25, 0.3) is 11.1 Å². The Kier molecular flexibility index (Phi) is 4.32. The minimum absolute atomic E-state index is 0.350. The van der Waals surface area contributed by atoms with Gasteiger partial charge in [-0.2, -0.15) is 4.98 Å². The molecule has 6 nitrogen and oxygen atoms in total. The molecule has 3 aliphatic rings. The summed E-state index contributed by atoms with van der Waals surface area (Å²) in [6, 6.07) is 6.83. The monoisotopic (exact) mass is 397 g/mol. The third kappa shape index (κ3) is 3.27. The number of hydrogen-bond donors (Lipinski definition) is 0. The normalized spacial score (nSPS) is 26.1. The average molecular weight is 397 g/mol. The number of piperidine rings is 1. The maximum Gasteiger partial charge on any atom is 0.494 e. The van der Waals surface area contributed by atoms with Crippen LogP contribution in [0.15, 0.2) is 22.6 Å². The van der Waals surface area contributed by atoms with E-state index in [-0.39, 0.29) is 18.3 Å². The predicted octanol–water partition coefficient (Wildman–Crippen LogP) is 3.05. The third-order valence-corrected chi connectivity index (χ3v) is 7.68. The highest BCUT2D eigenvalue weighted by Gasteiger charge is 2.51. The zero-order valence-corrected chi connectivity index (χ0v) is 18.3. The molecule has 0 unspecified atom stereocenters. The lowest BCUT2D eigenvalue weighted by Crippen LogP contribution is -2.41. The summed E-state index contributed by atoms with van der Waals surface area (Å²) in [4.78, 5) is 9.55. The van der Waals surface area contributed by atoms with E-state index in [9.17, 15) is 0 Å². The Balaban J connectivity index is 1.36. The van der Waals surface area contributed by atoms with Crippen LogP contribution in [0.1, 0.15) is 47.0 Å². The summed E-state index contributed by atoms with van der Waals surface area (Å²) in [5.41, 5.74) is 2.41. The summed E-state index contributed by atoms with van der Waals surface area (Å²) < 4.78 is 18.6. The quantitative estimate of drug-likeness (QED) is 0.727. The Morgan fingerprint density at radius 3 is 2.31 bits per heavy atom. The summed E-state index contributed by atoms with van der Waals surface area (Å²) in [6.07, 6.45) is 3.78. The van der Waals surface area contributed by atoms with Gasteiger partial charge in [-0.25, -0.2) is 0 Å². The molecule has 1 aromatic carbocycles. The second-order valence-corrected chi connectivity index (χ2v) is 10.3. The van der Waals surface area contributed by atoms with E-state index < -0.39 is 0 Å². The van der Waals surface area contributed by atoms with E-state index in [1.807, 2.05) is 18.2 Å². The molecule has 5 rings (SSSR count). The fourth-order valence-corrected chi connectivity index (χ4v) is 4.79. The molecule has 1 aromatic heterocycles. The Morgan fingerprint density at radius 2 is 1.62 bits per heavy atom. The van der Waals surface area contributed by atoms with Crippen LogP contribution >= 0.6 is 0 Å². The molecule has 0 N–H and O–H groups in total. The van der Waals surface area contributed by atoms with Gasteiger partial charge in [0.15, 0.2) is 5.58 Å². The van der Waals surface area contributed by atoms with Crippen molar-refractivity contribution in [3.63, 3.8) is 0 Å². The van der Waals surface area contributed by atoms with Gasteiger partial charge in [-0.3, -0.25) is 0 Å². The van der Waals surface area contributed by atoms with E-state index in [1.54, 1.807) is 0 Å². The molecule has 0 radical (unpaired) electrons. The van der Waals surface area contributed by atoms with Crippen molar-refractivity contribution in [2.24, 2.45) is 5.41 Å². The van der Waals surface area contributed by atoms with E-state index in [2.05, 4.69) is 44.5 Å². The molecule has 3 aliphatic heterocycles. The van der Waals surface area contributed by atoms with Crippen LogP contribution in [-0.2, 0) is 9.31 Å². The molecular formula is C22H32BN3O3. The third-order valence-electron chi connectivity index (χ3n) is 7.68. The van der Waals surface area contributed by atoms with Crippen molar-refractivity contribution in [2.45, 2.75) is 58.2 Å². The van der Waals surface area contributed by atoms with Gasteiger partial charge in [0, 0.05) is 13.1 Å². The zero-order valence-electron chi connectivity index (χ0n) is 18.3. The molecule has 7 heteroatoms. The average Bonchev–Trinajstić information content (AvgIpc) is 3.32. The fourth-order valence-electron chi connectivity index (χ4n) is 4.79. The Labute approximate surface area is 173 Å². The first-order valence-electron chi connectivity index (χ1n) is 10.9. The van der Waals surface area contributed by atoms with Gasteiger partial charge in [0.25, 0.3) is 6.01 Å². The van der Waals surface area contributed by atoms with E-state index >= 15 is 0 Å². The minimum atomic E-state index is -0.382. The number of benzene rings is 1. The van der Waals surface area contributed by atoms with Crippen LogP contribution in [0.3, 0.4) is 0 Å². The molecule has 1 spiro atoms. The second kappa shape index (κ2) is 6.46. The van der Waals surface area contributed by atoms with Crippen molar-refractivity contribution in [2.75, 3.05) is 38.1 Å².